The maximum absolute atomic E-state index is 11.7. The zero-order valence-electron chi connectivity index (χ0n) is 11.0. The van der Waals surface area contributed by atoms with Crippen molar-refractivity contribution in [2.75, 3.05) is 46.9 Å². The van der Waals surface area contributed by atoms with Crippen LogP contribution in [0.15, 0.2) is 0 Å². The third kappa shape index (κ3) is 6.00. The molecule has 1 saturated heterocycles. The van der Waals surface area contributed by atoms with Gasteiger partial charge in [0.1, 0.15) is 0 Å². The van der Waals surface area contributed by atoms with E-state index < -0.39 is 0 Å². The van der Waals surface area contributed by atoms with Gasteiger partial charge in [0.05, 0.1) is 6.04 Å². The summed E-state index contributed by atoms with van der Waals surface area (Å²) in [5.74, 6) is 0.146. The second kappa shape index (κ2) is 8.44. The van der Waals surface area contributed by atoms with Gasteiger partial charge < -0.3 is 20.3 Å². The number of amides is 1. The van der Waals surface area contributed by atoms with Crippen molar-refractivity contribution in [3.8, 4) is 0 Å². The van der Waals surface area contributed by atoms with Crippen LogP contribution in [-0.4, -0.2) is 63.8 Å². The van der Waals surface area contributed by atoms with Crippen LogP contribution in [-0.2, 0) is 9.53 Å². The highest BCUT2D eigenvalue weighted by Gasteiger charge is 2.21. The van der Waals surface area contributed by atoms with E-state index in [1.807, 2.05) is 0 Å². The number of hydrogen-bond acceptors (Lipinski definition) is 4. The maximum atomic E-state index is 11.7. The molecule has 1 amide bonds. The van der Waals surface area contributed by atoms with E-state index in [0.717, 1.165) is 52.0 Å². The number of carbonyl (C=O) groups excluding carboxylic acids is 1. The van der Waals surface area contributed by atoms with Crippen LogP contribution < -0.4 is 10.6 Å². The smallest absolute Gasteiger partial charge is 0.237 e. The monoisotopic (exact) mass is 243 g/mol. The quantitative estimate of drug-likeness (QED) is 0.581. The summed E-state index contributed by atoms with van der Waals surface area (Å²) in [6.07, 6.45) is 3.11. The van der Waals surface area contributed by atoms with E-state index in [4.69, 9.17) is 4.74 Å². The minimum Gasteiger partial charge on any atom is -0.385 e. The van der Waals surface area contributed by atoms with Crippen molar-refractivity contribution in [1.82, 2.24) is 15.5 Å². The average molecular weight is 243 g/mol. The molecule has 0 radical (unpaired) electrons. The lowest BCUT2D eigenvalue weighted by Gasteiger charge is -2.17. The number of methoxy groups -OCH3 is 1. The lowest BCUT2D eigenvalue weighted by Crippen LogP contribution is -2.43. The second-order valence-corrected chi connectivity index (χ2v) is 4.59. The Bertz CT molecular complexity index is 218. The van der Waals surface area contributed by atoms with Crippen molar-refractivity contribution in [3.63, 3.8) is 0 Å². The SMILES string of the molecule is COCCCN(C)CCNC(=O)[C@@H]1CCCN1. The molecule has 0 aromatic heterocycles. The number of ether oxygens (including phenoxy) is 1. The molecule has 0 unspecified atom stereocenters. The van der Waals surface area contributed by atoms with Crippen LogP contribution in [0.2, 0.25) is 0 Å². The Morgan fingerprint density at radius 2 is 2.35 bits per heavy atom. The van der Waals surface area contributed by atoms with E-state index in [0.29, 0.717) is 0 Å². The van der Waals surface area contributed by atoms with Crippen LogP contribution in [0.1, 0.15) is 19.3 Å². The van der Waals surface area contributed by atoms with Gasteiger partial charge in [-0.15, -0.1) is 0 Å². The van der Waals surface area contributed by atoms with Gasteiger partial charge in [0.25, 0.3) is 0 Å². The molecule has 0 aromatic rings. The Balaban J connectivity index is 2.00. The van der Waals surface area contributed by atoms with Gasteiger partial charge in [0.2, 0.25) is 5.91 Å². The summed E-state index contributed by atoms with van der Waals surface area (Å²) < 4.78 is 5.00. The zero-order valence-corrected chi connectivity index (χ0v) is 11.0. The van der Waals surface area contributed by atoms with Crippen LogP contribution in [0.4, 0.5) is 0 Å². The van der Waals surface area contributed by atoms with Crippen molar-refractivity contribution in [2.45, 2.75) is 25.3 Å². The van der Waals surface area contributed by atoms with E-state index >= 15 is 0 Å². The largest absolute Gasteiger partial charge is 0.385 e. The fourth-order valence-corrected chi connectivity index (χ4v) is 1.99. The summed E-state index contributed by atoms with van der Waals surface area (Å²) >= 11 is 0. The van der Waals surface area contributed by atoms with E-state index in [-0.39, 0.29) is 11.9 Å². The molecule has 100 valence electrons. The van der Waals surface area contributed by atoms with E-state index in [2.05, 4.69) is 22.6 Å². The fraction of sp³-hybridized carbons (Fsp3) is 0.917. The molecular weight excluding hydrogens is 218 g/mol. The van der Waals surface area contributed by atoms with E-state index in [1.165, 1.54) is 0 Å². The number of rotatable bonds is 8. The molecule has 0 spiro atoms. The first-order valence-electron chi connectivity index (χ1n) is 6.42. The summed E-state index contributed by atoms with van der Waals surface area (Å²) in [5.41, 5.74) is 0. The highest BCUT2D eigenvalue weighted by molar-refractivity contribution is 5.81. The second-order valence-electron chi connectivity index (χ2n) is 4.59. The number of likely N-dealkylation sites (N-methyl/N-ethyl adjacent to an activating group) is 1. The third-order valence-electron chi connectivity index (χ3n) is 3.06. The average Bonchev–Trinajstić information content (AvgIpc) is 2.82. The lowest BCUT2D eigenvalue weighted by atomic mass is 10.2. The van der Waals surface area contributed by atoms with Gasteiger partial charge >= 0.3 is 0 Å². The lowest BCUT2D eigenvalue weighted by molar-refractivity contribution is -0.122. The van der Waals surface area contributed by atoms with Crippen LogP contribution in [0.5, 0.6) is 0 Å². The van der Waals surface area contributed by atoms with Gasteiger partial charge in [-0.3, -0.25) is 4.79 Å². The Morgan fingerprint density at radius 3 is 3.00 bits per heavy atom. The molecule has 1 rings (SSSR count). The predicted molar refractivity (Wildman–Crippen MR) is 68.0 cm³/mol. The Kier molecular flexibility index (Phi) is 7.16. The van der Waals surface area contributed by atoms with E-state index in [1.54, 1.807) is 7.11 Å². The molecule has 17 heavy (non-hydrogen) atoms. The van der Waals surface area contributed by atoms with Crippen LogP contribution in [0.25, 0.3) is 0 Å². The number of hydrogen-bond donors (Lipinski definition) is 2. The highest BCUT2D eigenvalue weighted by Crippen LogP contribution is 2.04. The third-order valence-corrected chi connectivity index (χ3v) is 3.06. The standard InChI is InChI=1S/C12H25N3O2/c1-15(8-4-10-17-2)9-7-14-12(16)11-5-3-6-13-11/h11,13H,3-10H2,1-2H3,(H,14,16)/t11-/m0/s1. The minimum absolute atomic E-state index is 0.0359. The summed E-state index contributed by atoms with van der Waals surface area (Å²) in [6.45, 7) is 4.38. The normalized spacial score (nSPS) is 19.8. The van der Waals surface area contributed by atoms with Crippen LogP contribution in [0, 0.1) is 0 Å². The van der Waals surface area contributed by atoms with Crippen molar-refractivity contribution in [1.29, 1.82) is 0 Å². The summed E-state index contributed by atoms with van der Waals surface area (Å²) in [6, 6.07) is 0.0359. The molecule has 1 aliphatic rings. The molecule has 5 nitrogen and oxygen atoms in total. The van der Waals surface area contributed by atoms with Crippen molar-refractivity contribution < 1.29 is 9.53 Å². The van der Waals surface area contributed by atoms with Crippen LogP contribution in [0.3, 0.4) is 0 Å². The maximum Gasteiger partial charge on any atom is 0.237 e. The molecule has 0 saturated carbocycles. The fourth-order valence-electron chi connectivity index (χ4n) is 1.99. The van der Waals surface area contributed by atoms with Gasteiger partial charge in [-0.05, 0) is 32.9 Å². The summed E-state index contributed by atoms with van der Waals surface area (Å²) in [5, 5.41) is 6.17. The first kappa shape index (κ1) is 14.4. The molecule has 1 fully saturated rings. The van der Waals surface area contributed by atoms with E-state index in [9.17, 15) is 4.79 Å². The molecule has 0 aromatic carbocycles. The van der Waals surface area contributed by atoms with Crippen molar-refractivity contribution in [3.05, 3.63) is 0 Å². The predicted octanol–water partition coefficient (Wildman–Crippen LogP) is -0.177. The molecule has 0 bridgehead atoms. The molecule has 1 aliphatic heterocycles. The molecule has 2 N–H and O–H groups in total. The Hall–Kier alpha value is -0.650. The topological polar surface area (TPSA) is 53.6 Å². The van der Waals surface area contributed by atoms with Gasteiger partial charge in [-0.1, -0.05) is 0 Å². The van der Waals surface area contributed by atoms with Crippen molar-refractivity contribution >= 4 is 5.91 Å². The van der Waals surface area contributed by atoms with Gasteiger partial charge in [-0.25, -0.2) is 0 Å². The number of nitrogens with zero attached hydrogens (tertiary/aromatic N) is 1. The number of carbonyl (C=O) groups is 1. The molecule has 0 aliphatic carbocycles. The zero-order chi connectivity index (χ0) is 12.5. The Morgan fingerprint density at radius 1 is 1.53 bits per heavy atom. The van der Waals surface area contributed by atoms with Gasteiger partial charge in [0, 0.05) is 33.4 Å². The molecule has 1 atom stereocenters. The molecule has 1 heterocycles. The van der Waals surface area contributed by atoms with Crippen molar-refractivity contribution in [2.24, 2.45) is 0 Å². The van der Waals surface area contributed by atoms with Gasteiger partial charge in [0.15, 0.2) is 0 Å². The summed E-state index contributed by atoms with van der Waals surface area (Å²) in [7, 11) is 3.78. The Labute approximate surface area is 104 Å². The first-order valence-corrected chi connectivity index (χ1v) is 6.42. The first-order chi connectivity index (χ1) is 8.24. The van der Waals surface area contributed by atoms with Gasteiger partial charge in [-0.2, -0.15) is 0 Å². The number of nitrogens with one attached hydrogen (secondary N) is 2. The summed E-state index contributed by atoms with van der Waals surface area (Å²) in [4.78, 5) is 13.9. The molecular formula is C12H25N3O2. The van der Waals surface area contributed by atoms with Crippen LogP contribution >= 0.6 is 0 Å². The molecule has 5 heteroatoms. The minimum atomic E-state index is 0.0359. The highest BCUT2D eigenvalue weighted by atomic mass is 16.5.